The Hall–Kier alpha value is -5.94. The number of amides is 2. The molecule has 0 spiro atoms. The molecule has 72 heavy (non-hydrogen) atoms. The SMILES string of the molecule is CC(=O)c1c(C)c2cnc(Nc3ccc(N4CCN(CC(=O)NCCOCCOCCOCCOCCOCCNc5cccc(C(=O)Nc6nc(C)c(C)s6)c5C)CC4)cn3)nc2n(C2CCCC2)c1=O. The van der Waals surface area contributed by atoms with Gasteiger partial charge >= 0.3 is 0 Å². The molecular formula is C51H69N11O9S. The van der Waals surface area contributed by atoms with E-state index in [9.17, 15) is 19.2 Å². The van der Waals surface area contributed by atoms with Crippen molar-refractivity contribution in [2.24, 2.45) is 0 Å². The Balaban J connectivity index is 0.665. The molecule has 1 saturated heterocycles. The maximum absolute atomic E-state index is 13.6. The van der Waals surface area contributed by atoms with E-state index >= 15 is 0 Å². The van der Waals surface area contributed by atoms with Crippen molar-refractivity contribution in [3.63, 3.8) is 0 Å². The molecule has 388 valence electrons. The predicted octanol–water partition coefficient (Wildman–Crippen LogP) is 5.62. The third-order valence-corrected chi connectivity index (χ3v) is 13.8. The van der Waals surface area contributed by atoms with Gasteiger partial charge < -0.3 is 44.5 Å². The first-order chi connectivity index (χ1) is 35.0. The molecule has 0 atom stereocenters. The van der Waals surface area contributed by atoms with Gasteiger partial charge in [-0.1, -0.05) is 18.9 Å². The number of thiazole rings is 1. The van der Waals surface area contributed by atoms with E-state index in [0.717, 1.165) is 79.4 Å². The number of pyridine rings is 2. The number of rotatable bonds is 28. The third-order valence-electron chi connectivity index (χ3n) is 12.8. The van der Waals surface area contributed by atoms with Crippen LogP contribution in [0.5, 0.6) is 0 Å². The number of aryl methyl sites for hydroxylation is 3. The van der Waals surface area contributed by atoms with Gasteiger partial charge in [0.2, 0.25) is 11.9 Å². The second-order valence-corrected chi connectivity index (χ2v) is 19.0. The van der Waals surface area contributed by atoms with Crippen LogP contribution >= 0.6 is 11.3 Å². The van der Waals surface area contributed by atoms with Crippen LogP contribution in [0.1, 0.15) is 81.1 Å². The summed E-state index contributed by atoms with van der Waals surface area (Å²) >= 11 is 1.47. The van der Waals surface area contributed by atoms with Gasteiger partial charge in [-0.3, -0.25) is 34.0 Å². The highest BCUT2D eigenvalue weighted by molar-refractivity contribution is 7.15. The molecule has 5 heterocycles. The summed E-state index contributed by atoms with van der Waals surface area (Å²) in [5.41, 5.74) is 5.29. The van der Waals surface area contributed by atoms with Gasteiger partial charge in [-0.15, -0.1) is 11.3 Å². The Morgan fingerprint density at radius 2 is 1.40 bits per heavy atom. The second-order valence-electron chi connectivity index (χ2n) is 17.8. The number of benzene rings is 1. The first-order valence-electron chi connectivity index (χ1n) is 24.8. The van der Waals surface area contributed by atoms with Gasteiger partial charge in [0, 0.05) is 73.0 Å². The van der Waals surface area contributed by atoms with Crippen LogP contribution in [0.25, 0.3) is 11.0 Å². The minimum atomic E-state index is -0.284. The minimum absolute atomic E-state index is 0.000793. The van der Waals surface area contributed by atoms with Gasteiger partial charge in [-0.2, -0.15) is 4.98 Å². The number of ether oxygens (including phenoxy) is 5. The molecule has 7 rings (SSSR count). The Bertz CT molecular complexity index is 2630. The summed E-state index contributed by atoms with van der Waals surface area (Å²) in [7, 11) is 0. The zero-order valence-corrected chi connectivity index (χ0v) is 43.0. The average Bonchev–Trinajstić information content (AvgIpc) is 4.01. The number of nitrogens with one attached hydrogen (secondary N) is 4. The van der Waals surface area contributed by atoms with Crippen LogP contribution in [-0.2, 0) is 28.5 Å². The summed E-state index contributed by atoms with van der Waals surface area (Å²) in [4.78, 5) is 75.3. The zero-order valence-electron chi connectivity index (χ0n) is 42.2. The Labute approximate surface area is 424 Å². The molecule has 2 amide bonds. The topological polar surface area (TPSA) is 226 Å². The van der Waals surface area contributed by atoms with Gasteiger partial charge in [0.05, 0.1) is 95.8 Å². The lowest BCUT2D eigenvalue weighted by Crippen LogP contribution is -2.49. The molecule has 5 aromatic rings. The summed E-state index contributed by atoms with van der Waals surface area (Å²) in [5, 5.41) is 13.7. The summed E-state index contributed by atoms with van der Waals surface area (Å²) < 4.78 is 29.8. The second kappa shape index (κ2) is 27.2. The van der Waals surface area contributed by atoms with E-state index in [4.69, 9.17) is 28.7 Å². The number of ketones is 1. The number of fused-ring (bicyclic) bond motifs is 1. The van der Waals surface area contributed by atoms with Gasteiger partial charge in [-0.25, -0.2) is 15.0 Å². The van der Waals surface area contributed by atoms with Crippen LogP contribution in [0.15, 0.2) is 47.5 Å². The molecule has 1 aliphatic carbocycles. The smallest absolute Gasteiger partial charge is 0.263 e. The van der Waals surface area contributed by atoms with Gasteiger partial charge in [-0.05, 0) is 82.9 Å². The van der Waals surface area contributed by atoms with Gasteiger partial charge in [0.15, 0.2) is 10.9 Å². The number of nitrogens with zero attached hydrogens (tertiary/aromatic N) is 7. The fraction of sp³-hybridized carbons (Fsp3) is 0.529. The molecule has 4 N–H and O–H groups in total. The van der Waals surface area contributed by atoms with Crippen molar-refractivity contribution in [1.29, 1.82) is 0 Å². The molecule has 1 saturated carbocycles. The van der Waals surface area contributed by atoms with E-state index < -0.39 is 0 Å². The molecule has 0 radical (unpaired) electrons. The molecule has 21 heteroatoms. The molecule has 0 unspecified atom stereocenters. The monoisotopic (exact) mass is 1010 g/mol. The third kappa shape index (κ3) is 15.1. The maximum Gasteiger partial charge on any atom is 0.263 e. The van der Waals surface area contributed by atoms with Crippen LogP contribution in [0.2, 0.25) is 0 Å². The number of anilines is 5. The van der Waals surface area contributed by atoms with E-state index in [1.54, 1.807) is 23.8 Å². The molecule has 4 aromatic heterocycles. The summed E-state index contributed by atoms with van der Waals surface area (Å²) in [6.45, 7) is 17.8. The number of carbonyl (C=O) groups is 3. The molecule has 0 bridgehead atoms. The highest BCUT2D eigenvalue weighted by atomic mass is 32.1. The number of hydrogen-bond donors (Lipinski definition) is 4. The van der Waals surface area contributed by atoms with Crippen molar-refractivity contribution in [3.8, 4) is 0 Å². The lowest BCUT2D eigenvalue weighted by molar-refractivity contribution is -0.122. The van der Waals surface area contributed by atoms with Crippen molar-refractivity contribution in [2.45, 2.75) is 66.3 Å². The summed E-state index contributed by atoms with van der Waals surface area (Å²) in [6, 6.07) is 9.48. The van der Waals surface area contributed by atoms with Gasteiger partial charge in [0.25, 0.3) is 11.5 Å². The van der Waals surface area contributed by atoms with Gasteiger partial charge in [0.1, 0.15) is 11.5 Å². The first-order valence-corrected chi connectivity index (χ1v) is 25.7. The normalized spacial score (nSPS) is 14.3. The lowest BCUT2D eigenvalue weighted by atomic mass is 10.0. The fourth-order valence-electron chi connectivity index (χ4n) is 8.76. The van der Waals surface area contributed by atoms with Crippen LogP contribution in [-0.4, -0.2) is 159 Å². The van der Waals surface area contributed by atoms with Crippen LogP contribution in [0.3, 0.4) is 0 Å². The lowest BCUT2D eigenvalue weighted by Gasteiger charge is -2.35. The molecule has 2 aliphatic rings. The molecule has 1 aliphatic heterocycles. The number of Topliss-reactive ketones (excluding diaryl/α,β-unsaturated/α-hetero) is 1. The first kappa shape index (κ1) is 53.8. The van der Waals surface area contributed by atoms with E-state index in [0.29, 0.717) is 125 Å². The average molecular weight is 1010 g/mol. The highest BCUT2D eigenvalue weighted by Gasteiger charge is 2.26. The number of carbonyl (C=O) groups excluding carboxylic acids is 3. The maximum atomic E-state index is 13.6. The van der Waals surface area contributed by atoms with Crippen molar-refractivity contribution < 1.29 is 38.1 Å². The molecule has 20 nitrogen and oxygen atoms in total. The van der Waals surface area contributed by atoms with E-state index in [-0.39, 0.29) is 34.8 Å². The quantitative estimate of drug-likeness (QED) is 0.0352. The largest absolute Gasteiger partial charge is 0.382 e. The van der Waals surface area contributed by atoms with Crippen LogP contribution in [0.4, 0.5) is 28.3 Å². The Morgan fingerprint density at radius 3 is 2.01 bits per heavy atom. The van der Waals surface area contributed by atoms with Crippen LogP contribution < -0.4 is 31.7 Å². The van der Waals surface area contributed by atoms with E-state index in [1.165, 1.54) is 18.3 Å². The number of hydrogen-bond acceptors (Lipinski definition) is 18. The van der Waals surface area contributed by atoms with Crippen LogP contribution in [0, 0.1) is 27.7 Å². The van der Waals surface area contributed by atoms with E-state index in [1.807, 2.05) is 51.2 Å². The number of aromatic nitrogens is 5. The Kier molecular flexibility index (Phi) is 20.3. The van der Waals surface area contributed by atoms with Crippen molar-refractivity contribution in [2.75, 3.05) is 133 Å². The minimum Gasteiger partial charge on any atom is -0.382 e. The summed E-state index contributed by atoms with van der Waals surface area (Å²) in [5.74, 6) is 0.423. The standard InChI is InChI=1S/C51H69N11O9S/c1-34-41(48(65)59-51-56-36(3)38(5)72-51)11-8-12-43(34)52-15-21-67-23-25-69-27-29-71-30-28-70-26-24-68-22-16-53-45(64)33-60-17-19-61(20-18-60)40-13-14-44(54-31-40)57-50-55-32-42-35(2)46(37(4)63)49(66)62(47(42)58-50)39-9-6-7-10-39/h8,11-14,31-32,39,52H,6-7,9-10,15-30,33H2,1-5H3,(H,53,64)(H,56,59,65)(H,54,55,57,58). The molecule has 1 aromatic carbocycles. The Morgan fingerprint density at radius 1 is 0.750 bits per heavy atom. The molecule has 2 fully saturated rings. The van der Waals surface area contributed by atoms with E-state index in [2.05, 4.69) is 46.0 Å². The van der Waals surface area contributed by atoms with Crippen molar-refractivity contribution in [1.82, 2.24) is 34.7 Å². The highest BCUT2D eigenvalue weighted by Crippen LogP contribution is 2.32. The van der Waals surface area contributed by atoms with Crippen molar-refractivity contribution >= 4 is 68.2 Å². The molecular weight excluding hydrogens is 943 g/mol. The fourth-order valence-corrected chi connectivity index (χ4v) is 9.57. The van der Waals surface area contributed by atoms with Crippen molar-refractivity contribution in [3.05, 3.63) is 85.9 Å². The zero-order chi connectivity index (χ0) is 50.8. The summed E-state index contributed by atoms with van der Waals surface area (Å²) in [6.07, 6.45) is 7.30. The predicted molar refractivity (Wildman–Crippen MR) is 279 cm³/mol. The number of piperazine rings is 1.